The van der Waals surface area contributed by atoms with E-state index < -0.39 is 15.9 Å². The van der Waals surface area contributed by atoms with Crippen LogP contribution in [0.5, 0.6) is 5.75 Å². The minimum absolute atomic E-state index is 0.0801. The van der Waals surface area contributed by atoms with Crippen LogP contribution in [0.2, 0.25) is 0 Å². The molecule has 1 aromatic heterocycles. The molecule has 0 radical (unpaired) electrons. The monoisotopic (exact) mass is 377 g/mol. The summed E-state index contributed by atoms with van der Waals surface area (Å²) in [6, 6.07) is 9.33. The average Bonchev–Trinajstić information content (AvgIpc) is 2.69. The van der Waals surface area contributed by atoms with Gasteiger partial charge < -0.3 is 14.8 Å². The fourth-order valence-electron chi connectivity index (χ4n) is 2.56. The van der Waals surface area contributed by atoms with E-state index in [-0.39, 0.29) is 16.3 Å². The van der Waals surface area contributed by atoms with Gasteiger partial charge in [-0.1, -0.05) is 6.07 Å². The van der Waals surface area contributed by atoms with Gasteiger partial charge in [0.2, 0.25) is 10.0 Å². The number of aromatic nitrogens is 1. The lowest BCUT2D eigenvalue weighted by Crippen LogP contribution is -2.40. The van der Waals surface area contributed by atoms with Gasteiger partial charge in [-0.15, -0.1) is 0 Å². The zero-order valence-electron chi connectivity index (χ0n) is 14.2. The van der Waals surface area contributed by atoms with Crippen molar-refractivity contribution in [2.45, 2.75) is 4.90 Å². The van der Waals surface area contributed by atoms with Crippen LogP contribution < -0.4 is 10.1 Å². The molecule has 0 bridgehead atoms. The summed E-state index contributed by atoms with van der Waals surface area (Å²) in [5, 5.41) is 2.66. The minimum Gasteiger partial charge on any atom is -0.495 e. The lowest BCUT2D eigenvalue weighted by Gasteiger charge is -2.26. The molecule has 1 saturated heterocycles. The fourth-order valence-corrected chi connectivity index (χ4v) is 4.00. The van der Waals surface area contributed by atoms with E-state index in [2.05, 4.69) is 10.3 Å². The number of morpholine rings is 1. The van der Waals surface area contributed by atoms with E-state index >= 15 is 0 Å². The zero-order valence-corrected chi connectivity index (χ0v) is 15.0. The van der Waals surface area contributed by atoms with Gasteiger partial charge in [0.1, 0.15) is 11.4 Å². The van der Waals surface area contributed by atoms with Crippen LogP contribution in [0.4, 0.5) is 5.69 Å². The van der Waals surface area contributed by atoms with E-state index in [0.29, 0.717) is 32.1 Å². The van der Waals surface area contributed by atoms with Crippen LogP contribution in [0, 0.1) is 0 Å². The van der Waals surface area contributed by atoms with Crippen LogP contribution in [0.3, 0.4) is 0 Å². The Morgan fingerprint density at radius 3 is 2.65 bits per heavy atom. The lowest BCUT2D eigenvalue weighted by molar-refractivity contribution is 0.0730. The van der Waals surface area contributed by atoms with Crippen molar-refractivity contribution in [1.29, 1.82) is 0 Å². The van der Waals surface area contributed by atoms with Crippen LogP contribution in [-0.2, 0) is 14.8 Å². The first-order valence-electron chi connectivity index (χ1n) is 8.00. The van der Waals surface area contributed by atoms with E-state index in [0.717, 1.165) is 0 Å². The van der Waals surface area contributed by atoms with Gasteiger partial charge in [-0.3, -0.25) is 9.78 Å². The molecule has 138 valence electrons. The number of hydrogen-bond acceptors (Lipinski definition) is 6. The Balaban J connectivity index is 1.90. The SMILES string of the molecule is COc1ccc(S(=O)(=O)N2CCOCC2)cc1NC(=O)c1ccccn1. The zero-order chi connectivity index (χ0) is 18.6. The molecule has 2 aromatic rings. The molecule has 1 N–H and O–H groups in total. The van der Waals surface area contributed by atoms with Crippen molar-refractivity contribution in [3.05, 3.63) is 48.3 Å². The molecule has 8 nitrogen and oxygen atoms in total. The highest BCUT2D eigenvalue weighted by molar-refractivity contribution is 7.89. The second-order valence-electron chi connectivity index (χ2n) is 5.55. The topological polar surface area (TPSA) is 97.8 Å². The summed E-state index contributed by atoms with van der Waals surface area (Å²) < 4.78 is 37.4. The van der Waals surface area contributed by atoms with Crippen molar-refractivity contribution >= 4 is 21.6 Å². The van der Waals surface area contributed by atoms with Crippen molar-refractivity contribution in [3.63, 3.8) is 0 Å². The Bertz CT molecular complexity index is 881. The van der Waals surface area contributed by atoms with Gasteiger partial charge in [-0.25, -0.2) is 8.42 Å². The highest BCUT2D eigenvalue weighted by Gasteiger charge is 2.27. The number of methoxy groups -OCH3 is 1. The number of sulfonamides is 1. The van der Waals surface area contributed by atoms with Gasteiger partial charge in [0.15, 0.2) is 0 Å². The van der Waals surface area contributed by atoms with Crippen molar-refractivity contribution in [1.82, 2.24) is 9.29 Å². The van der Waals surface area contributed by atoms with E-state index in [1.165, 1.54) is 35.8 Å². The molecule has 0 aliphatic carbocycles. The quantitative estimate of drug-likeness (QED) is 0.845. The van der Waals surface area contributed by atoms with Gasteiger partial charge in [-0.2, -0.15) is 4.31 Å². The summed E-state index contributed by atoms with van der Waals surface area (Å²) in [6.07, 6.45) is 1.51. The number of nitrogens with one attached hydrogen (secondary N) is 1. The van der Waals surface area contributed by atoms with Crippen LogP contribution >= 0.6 is 0 Å². The van der Waals surface area contributed by atoms with Gasteiger partial charge in [0, 0.05) is 19.3 Å². The molecule has 0 atom stereocenters. The number of nitrogens with zero attached hydrogens (tertiary/aromatic N) is 2. The lowest BCUT2D eigenvalue weighted by atomic mass is 10.2. The van der Waals surface area contributed by atoms with Crippen molar-refractivity contribution in [3.8, 4) is 5.75 Å². The molecule has 1 fully saturated rings. The predicted molar refractivity (Wildman–Crippen MR) is 94.8 cm³/mol. The fraction of sp³-hybridized carbons (Fsp3) is 0.294. The highest BCUT2D eigenvalue weighted by atomic mass is 32.2. The number of carbonyl (C=O) groups excluding carboxylic acids is 1. The normalized spacial score (nSPS) is 15.4. The third-order valence-electron chi connectivity index (χ3n) is 3.92. The molecule has 3 rings (SSSR count). The number of pyridine rings is 1. The standard InChI is InChI=1S/C17H19N3O5S/c1-24-16-6-5-13(26(22,23)20-8-10-25-11-9-20)12-15(16)19-17(21)14-4-2-3-7-18-14/h2-7,12H,8-11H2,1H3,(H,19,21). The van der Waals surface area contributed by atoms with Gasteiger partial charge in [-0.05, 0) is 30.3 Å². The van der Waals surface area contributed by atoms with Crippen molar-refractivity contribution in [2.75, 3.05) is 38.7 Å². The first-order valence-corrected chi connectivity index (χ1v) is 9.44. The first kappa shape index (κ1) is 18.3. The number of rotatable bonds is 5. The van der Waals surface area contributed by atoms with Gasteiger partial charge in [0.05, 0.1) is 30.9 Å². The number of anilines is 1. The first-order chi connectivity index (χ1) is 12.5. The maximum absolute atomic E-state index is 12.8. The number of benzene rings is 1. The third kappa shape index (κ3) is 3.85. The Kier molecular flexibility index (Phi) is 5.50. The molecule has 1 aromatic carbocycles. The Morgan fingerprint density at radius 2 is 2.00 bits per heavy atom. The second kappa shape index (κ2) is 7.81. The third-order valence-corrected chi connectivity index (χ3v) is 5.82. The molecule has 9 heteroatoms. The Morgan fingerprint density at radius 1 is 1.23 bits per heavy atom. The van der Waals surface area contributed by atoms with E-state index in [9.17, 15) is 13.2 Å². The number of hydrogen-bond donors (Lipinski definition) is 1. The van der Waals surface area contributed by atoms with Crippen molar-refractivity contribution < 1.29 is 22.7 Å². The largest absolute Gasteiger partial charge is 0.495 e. The molecule has 1 amide bonds. The highest BCUT2D eigenvalue weighted by Crippen LogP contribution is 2.29. The van der Waals surface area contributed by atoms with E-state index in [1.54, 1.807) is 18.2 Å². The number of ether oxygens (including phenoxy) is 2. The molecule has 26 heavy (non-hydrogen) atoms. The van der Waals surface area contributed by atoms with E-state index in [4.69, 9.17) is 9.47 Å². The Hall–Kier alpha value is -2.49. The molecule has 2 heterocycles. The van der Waals surface area contributed by atoms with Gasteiger partial charge >= 0.3 is 0 Å². The maximum Gasteiger partial charge on any atom is 0.274 e. The number of carbonyl (C=O) groups is 1. The predicted octanol–water partition coefficient (Wildman–Crippen LogP) is 1.36. The van der Waals surface area contributed by atoms with E-state index in [1.807, 2.05) is 0 Å². The van der Waals surface area contributed by atoms with Crippen molar-refractivity contribution in [2.24, 2.45) is 0 Å². The molecule has 1 aliphatic rings. The summed E-state index contributed by atoms with van der Waals surface area (Å²) in [7, 11) is -2.23. The molecule has 0 unspecified atom stereocenters. The van der Waals surface area contributed by atoms with Crippen LogP contribution in [0.1, 0.15) is 10.5 Å². The summed E-state index contributed by atoms with van der Waals surface area (Å²) >= 11 is 0. The van der Waals surface area contributed by atoms with Crippen LogP contribution in [-0.4, -0.2) is 57.0 Å². The smallest absolute Gasteiger partial charge is 0.274 e. The number of amides is 1. The summed E-state index contributed by atoms with van der Waals surface area (Å²) in [5.41, 5.74) is 0.480. The summed E-state index contributed by atoms with van der Waals surface area (Å²) in [4.78, 5) is 16.4. The molecule has 0 saturated carbocycles. The summed E-state index contributed by atoms with van der Waals surface area (Å²) in [5.74, 6) is -0.0972. The second-order valence-corrected chi connectivity index (χ2v) is 7.49. The average molecular weight is 377 g/mol. The Labute approximate surface area is 151 Å². The van der Waals surface area contributed by atoms with Crippen LogP contribution in [0.25, 0.3) is 0 Å². The molecule has 1 aliphatic heterocycles. The van der Waals surface area contributed by atoms with Gasteiger partial charge in [0.25, 0.3) is 5.91 Å². The maximum atomic E-state index is 12.8. The molecule has 0 spiro atoms. The molecular formula is C17H19N3O5S. The molecular weight excluding hydrogens is 358 g/mol. The summed E-state index contributed by atoms with van der Waals surface area (Å²) in [6.45, 7) is 1.31. The van der Waals surface area contributed by atoms with Crippen LogP contribution in [0.15, 0.2) is 47.5 Å². The minimum atomic E-state index is -3.68.